The van der Waals surface area contributed by atoms with Crippen LogP contribution in [0.4, 0.5) is 8.78 Å². The van der Waals surface area contributed by atoms with E-state index in [2.05, 4.69) is 5.32 Å². The monoisotopic (exact) mass is 281 g/mol. The Labute approximate surface area is 116 Å². The Morgan fingerprint density at radius 2 is 1.63 bits per heavy atom. The molecule has 0 aliphatic carbocycles. The highest BCUT2D eigenvalue weighted by molar-refractivity contribution is 6.30. The fourth-order valence-electron chi connectivity index (χ4n) is 2.01. The normalized spacial score (nSPS) is 12.4. The van der Waals surface area contributed by atoms with Crippen molar-refractivity contribution in [2.45, 2.75) is 12.5 Å². The van der Waals surface area contributed by atoms with Gasteiger partial charge in [-0.25, -0.2) is 8.78 Å². The third-order valence-electron chi connectivity index (χ3n) is 3.09. The second-order valence-corrected chi connectivity index (χ2v) is 4.73. The van der Waals surface area contributed by atoms with Gasteiger partial charge >= 0.3 is 0 Å². The summed E-state index contributed by atoms with van der Waals surface area (Å²) in [7, 11) is 1.76. The first-order chi connectivity index (χ1) is 9.11. The number of likely N-dealkylation sites (N-methyl/N-ethyl adjacent to an activating group) is 1. The van der Waals surface area contributed by atoms with Crippen LogP contribution in [0, 0.1) is 11.6 Å². The summed E-state index contributed by atoms with van der Waals surface area (Å²) in [5.41, 5.74) is 1.03. The minimum absolute atomic E-state index is 0.0943. The van der Waals surface area contributed by atoms with E-state index < -0.39 is 11.6 Å². The van der Waals surface area contributed by atoms with Crippen molar-refractivity contribution < 1.29 is 8.78 Å². The predicted molar refractivity (Wildman–Crippen MR) is 73.3 cm³/mol. The highest BCUT2D eigenvalue weighted by atomic mass is 35.5. The third kappa shape index (κ3) is 3.31. The van der Waals surface area contributed by atoms with Crippen LogP contribution in [0.2, 0.25) is 5.02 Å². The summed E-state index contributed by atoms with van der Waals surface area (Å²) in [6.45, 7) is 0. The van der Waals surface area contributed by atoms with Crippen molar-refractivity contribution in [2.24, 2.45) is 0 Å². The summed E-state index contributed by atoms with van der Waals surface area (Å²) in [5.74, 6) is -1.04. The van der Waals surface area contributed by atoms with Crippen LogP contribution in [0.5, 0.6) is 0 Å². The third-order valence-corrected chi connectivity index (χ3v) is 3.34. The van der Waals surface area contributed by atoms with Crippen molar-refractivity contribution in [3.63, 3.8) is 0 Å². The molecule has 0 heterocycles. The number of hydrogen-bond donors (Lipinski definition) is 1. The Morgan fingerprint density at radius 3 is 2.16 bits per heavy atom. The zero-order valence-corrected chi connectivity index (χ0v) is 11.2. The molecule has 0 bridgehead atoms. The SMILES string of the molecule is CNC(Cc1c(F)cccc1F)c1ccc(Cl)cc1. The Balaban J connectivity index is 2.26. The average Bonchev–Trinajstić information content (AvgIpc) is 2.40. The number of hydrogen-bond acceptors (Lipinski definition) is 1. The Kier molecular flexibility index (Phi) is 4.51. The summed E-state index contributed by atoms with van der Waals surface area (Å²) in [6, 6.07) is 11.0. The molecule has 0 radical (unpaired) electrons. The first-order valence-electron chi connectivity index (χ1n) is 5.97. The topological polar surface area (TPSA) is 12.0 Å². The lowest BCUT2D eigenvalue weighted by Gasteiger charge is -2.17. The van der Waals surface area contributed by atoms with Crippen LogP contribution < -0.4 is 5.32 Å². The summed E-state index contributed by atoms with van der Waals surface area (Å²) in [5, 5.41) is 3.70. The molecule has 0 fully saturated rings. The van der Waals surface area contributed by atoms with Crippen molar-refractivity contribution in [2.75, 3.05) is 7.05 Å². The first-order valence-corrected chi connectivity index (χ1v) is 6.35. The van der Waals surface area contributed by atoms with E-state index in [-0.39, 0.29) is 18.0 Å². The van der Waals surface area contributed by atoms with E-state index in [1.54, 1.807) is 19.2 Å². The maximum Gasteiger partial charge on any atom is 0.129 e. The van der Waals surface area contributed by atoms with Gasteiger partial charge in [0.1, 0.15) is 11.6 Å². The molecule has 1 unspecified atom stereocenters. The molecule has 1 N–H and O–H groups in total. The second-order valence-electron chi connectivity index (χ2n) is 4.30. The maximum absolute atomic E-state index is 13.6. The first kappa shape index (κ1) is 14.0. The van der Waals surface area contributed by atoms with Gasteiger partial charge in [0.15, 0.2) is 0 Å². The summed E-state index contributed by atoms with van der Waals surface area (Å²) in [4.78, 5) is 0. The van der Waals surface area contributed by atoms with Crippen molar-refractivity contribution in [1.29, 1.82) is 0 Å². The Morgan fingerprint density at radius 1 is 1.05 bits per heavy atom. The second kappa shape index (κ2) is 6.13. The van der Waals surface area contributed by atoms with Crippen LogP contribution in [-0.2, 0) is 6.42 Å². The van der Waals surface area contributed by atoms with Gasteiger partial charge in [0.25, 0.3) is 0 Å². The van der Waals surface area contributed by atoms with Crippen LogP contribution in [0.25, 0.3) is 0 Å². The van der Waals surface area contributed by atoms with Gasteiger partial charge in [-0.1, -0.05) is 29.8 Å². The fraction of sp³-hybridized carbons (Fsp3) is 0.200. The highest BCUT2D eigenvalue weighted by Crippen LogP contribution is 2.23. The number of halogens is 3. The van der Waals surface area contributed by atoms with Crippen LogP contribution in [-0.4, -0.2) is 7.05 Å². The lowest BCUT2D eigenvalue weighted by atomic mass is 9.98. The molecule has 0 aromatic heterocycles. The van der Waals surface area contributed by atoms with Crippen molar-refractivity contribution in [3.05, 3.63) is 70.2 Å². The largest absolute Gasteiger partial charge is 0.313 e. The molecule has 0 saturated heterocycles. The number of benzene rings is 2. The molecule has 0 amide bonds. The van der Waals surface area contributed by atoms with Gasteiger partial charge in [-0.2, -0.15) is 0 Å². The molecule has 0 aliphatic heterocycles. The molecule has 0 aliphatic rings. The molecule has 1 nitrogen and oxygen atoms in total. The molecule has 19 heavy (non-hydrogen) atoms. The van der Waals surface area contributed by atoms with Crippen molar-refractivity contribution in [3.8, 4) is 0 Å². The smallest absolute Gasteiger partial charge is 0.129 e. The van der Waals surface area contributed by atoms with Gasteiger partial charge in [-0.05, 0) is 43.3 Å². The lowest BCUT2D eigenvalue weighted by Crippen LogP contribution is -2.20. The van der Waals surface area contributed by atoms with E-state index in [1.165, 1.54) is 18.2 Å². The predicted octanol–water partition coefficient (Wildman–Crippen LogP) is 4.12. The Hall–Kier alpha value is -1.45. The van der Waals surface area contributed by atoms with E-state index in [1.807, 2.05) is 12.1 Å². The lowest BCUT2D eigenvalue weighted by molar-refractivity contribution is 0.515. The minimum Gasteiger partial charge on any atom is -0.313 e. The molecule has 2 rings (SSSR count). The molecular formula is C15H14ClF2N. The molecule has 0 saturated carbocycles. The van der Waals surface area contributed by atoms with Gasteiger partial charge in [-0.15, -0.1) is 0 Å². The quantitative estimate of drug-likeness (QED) is 0.889. The van der Waals surface area contributed by atoms with Gasteiger partial charge < -0.3 is 5.32 Å². The molecule has 0 spiro atoms. The van der Waals surface area contributed by atoms with Gasteiger partial charge in [0, 0.05) is 16.6 Å². The summed E-state index contributed by atoms with van der Waals surface area (Å²) < 4.78 is 27.3. The van der Waals surface area contributed by atoms with E-state index in [9.17, 15) is 8.78 Å². The number of rotatable bonds is 4. The van der Waals surface area contributed by atoms with Gasteiger partial charge in [0.05, 0.1) is 0 Å². The van der Waals surface area contributed by atoms with Crippen molar-refractivity contribution in [1.82, 2.24) is 5.32 Å². The summed E-state index contributed by atoms with van der Waals surface area (Å²) >= 11 is 5.83. The van der Waals surface area contributed by atoms with Crippen molar-refractivity contribution >= 4 is 11.6 Å². The van der Waals surface area contributed by atoms with E-state index in [0.29, 0.717) is 5.02 Å². The van der Waals surface area contributed by atoms with Crippen LogP contribution in [0.15, 0.2) is 42.5 Å². The number of nitrogens with one attached hydrogen (secondary N) is 1. The maximum atomic E-state index is 13.6. The molecule has 2 aromatic rings. The zero-order chi connectivity index (χ0) is 13.8. The van der Waals surface area contributed by atoms with E-state index in [0.717, 1.165) is 5.56 Å². The van der Waals surface area contributed by atoms with E-state index >= 15 is 0 Å². The van der Waals surface area contributed by atoms with Crippen LogP contribution >= 0.6 is 11.6 Å². The standard InChI is InChI=1S/C15H14ClF2N/c1-19-15(10-5-7-11(16)8-6-10)9-12-13(17)3-2-4-14(12)18/h2-8,15,19H,9H2,1H3. The Bertz CT molecular complexity index is 534. The molecule has 4 heteroatoms. The molecule has 2 aromatic carbocycles. The van der Waals surface area contributed by atoms with Crippen LogP contribution in [0.1, 0.15) is 17.2 Å². The van der Waals surface area contributed by atoms with Crippen LogP contribution in [0.3, 0.4) is 0 Å². The van der Waals surface area contributed by atoms with Gasteiger partial charge in [0.2, 0.25) is 0 Å². The average molecular weight is 282 g/mol. The minimum atomic E-state index is -0.519. The fourth-order valence-corrected chi connectivity index (χ4v) is 2.14. The molecular weight excluding hydrogens is 268 g/mol. The van der Waals surface area contributed by atoms with E-state index in [4.69, 9.17) is 11.6 Å². The molecule has 1 atom stereocenters. The zero-order valence-electron chi connectivity index (χ0n) is 10.5. The summed E-state index contributed by atoms with van der Waals surface area (Å²) in [6.07, 6.45) is 0.247. The highest BCUT2D eigenvalue weighted by Gasteiger charge is 2.16. The molecule has 100 valence electrons. The van der Waals surface area contributed by atoms with Gasteiger partial charge in [-0.3, -0.25) is 0 Å².